The lowest BCUT2D eigenvalue weighted by Crippen LogP contribution is -2.52. The second-order valence-electron chi connectivity index (χ2n) is 8.60. The molecule has 6 nitrogen and oxygen atoms in total. The number of nitrogens with zero attached hydrogens (tertiary/aromatic N) is 2. The molecule has 6 heteroatoms. The predicted octanol–water partition coefficient (Wildman–Crippen LogP) is 3.98. The van der Waals surface area contributed by atoms with Crippen molar-refractivity contribution >= 4 is 28.5 Å². The first-order chi connectivity index (χ1) is 15.9. The summed E-state index contributed by atoms with van der Waals surface area (Å²) in [6, 6.07) is 22.0. The van der Waals surface area contributed by atoms with Crippen LogP contribution in [0.4, 0.5) is 5.69 Å². The fourth-order valence-electron chi connectivity index (χ4n) is 5.20. The number of hydrogen-bond donors (Lipinski definition) is 0. The number of para-hydroxylation sites is 1. The quantitative estimate of drug-likeness (QED) is 0.477. The van der Waals surface area contributed by atoms with Gasteiger partial charge in [0, 0.05) is 24.8 Å². The summed E-state index contributed by atoms with van der Waals surface area (Å²) in [6.07, 6.45) is 0. The minimum absolute atomic E-state index is 0.0641. The first-order valence-corrected chi connectivity index (χ1v) is 10.8. The van der Waals surface area contributed by atoms with E-state index in [0.717, 1.165) is 11.1 Å². The zero-order chi connectivity index (χ0) is 22.9. The van der Waals surface area contributed by atoms with Gasteiger partial charge in [0.15, 0.2) is 11.0 Å². The summed E-state index contributed by atoms with van der Waals surface area (Å²) in [5, 5.41) is 0.363. The molecule has 3 aromatic carbocycles. The van der Waals surface area contributed by atoms with Crippen molar-refractivity contribution in [2.75, 3.05) is 11.9 Å². The zero-order valence-corrected chi connectivity index (χ0v) is 18.2. The Kier molecular flexibility index (Phi) is 3.93. The van der Waals surface area contributed by atoms with Gasteiger partial charge in [0.05, 0.1) is 10.9 Å². The van der Waals surface area contributed by atoms with Crippen molar-refractivity contribution < 1.29 is 14.0 Å². The Morgan fingerprint density at radius 1 is 0.909 bits per heavy atom. The molecule has 0 fully saturated rings. The number of amides is 2. The fourth-order valence-corrected chi connectivity index (χ4v) is 5.20. The molecule has 0 aliphatic carbocycles. The summed E-state index contributed by atoms with van der Waals surface area (Å²) in [4.78, 5) is 44.8. The fraction of sp³-hybridized carbons (Fsp3) is 0.148. The first kappa shape index (κ1) is 19.5. The van der Waals surface area contributed by atoms with Gasteiger partial charge in [-0.2, -0.15) is 0 Å². The molecular weight excluding hydrogens is 416 g/mol. The van der Waals surface area contributed by atoms with E-state index in [2.05, 4.69) is 0 Å². The highest BCUT2D eigenvalue weighted by Crippen LogP contribution is 2.52. The summed E-state index contributed by atoms with van der Waals surface area (Å²) in [7, 11) is 1.67. The second-order valence-corrected chi connectivity index (χ2v) is 8.60. The van der Waals surface area contributed by atoms with E-state index in [1.165, 1.54) is 9.80 Å². The third-order valence-corrected chi connectivity index (χ3v) is 6.70. The molecule has 1 atom stereocenters. The third kappa shape index (κ3) is 2.40. The smallest absolute Gasteiger partial charge is 0.291 e. The van der Waals surface area contributed by atoms with E-state index in [-0.39, 0.29) is 29.2 Å². The third-order valence-electron chi connectivity index (χ3n) is 6.70. The molecule has 1 spiro atoms. The van der Waals surface area contributed by atoms with Crippen molar-refractivity contribution in [3.05, 3.63) is 111 Å². The van der Waals surface area contributed by atoms with Crippen molar-refractivity contribution in [3.63, 3.8) is 0 Å². The van der Waals surface area contributed by atoms with Gasteiger partial charge in [0.25, 0.3) is 11.8 Å². The van der Waals surface area contributed by atoms with Gasteiger partial charge in [-0.15, -0.1) is 0 Å². The average Bonchev–Trinajstić information content (AvgIpc) is 3.20. The van der Waals surface area contributed by atoms with Gasteiger partial charge in [0.1, 0.15) is 5.58 Å². The standard InChI is InChI=1S/C27H20N2O4/c1-16-12-13-21-18(14-16)23(30)22-24(33-21)25(31)29(15-17-8-4-3-5-9-17)27(22)19-10-6-7-11-20(19)28(2)26(27)32/h3-14H,15H2,1-2H3. The molecule has 6 rings (SSSR count). The number of benzene rings is 3. The van der Waals surface area contributed by atoms with E-state index in [9.17, 15) is 14.4 Å². The molecule has 33 heavy (non-hydrogen) atoms. The van der Waals surface area contributed by atoms with E-state index in [1.54, 1.807) is 19.2 Å². The molecule has 0 N–H and O–H groups in total. The highest BCUT2D eigenvalue weighted by atomic mass is 16.3. The highest BCUT2D eigenvalue weighted by Gasteiger charge is 2.64. The summed E-state index contributed by atoms with van der Waals surface area (Å²) in [5.41, 5.74) is 1.54. The Morgan fingerprint density at radius 3 is 2.42 bits per heavy atom. The molecule has 0 bridgehead atoms. The maximum Gasteiger partial charge on any atom is 0.291 e. The second kappa shape index (κ2) is 6.65. The van der Waals surface area contributed by atoms with E-state index in [4.69, 9.17) is 4.42 Å². The van der Waals surface area contributed by atoms with Crippen LogP contribution in [0.15, 0.2) is 82.0 Å². The number of hydrogen-bond acceptors (Lipinski definition) is 4. The Labute approximate surface area is 189 Å². The minimum atomic E-state index is -1.58. The van der Waals surface area contributed by atoms with Gasteiger partial charge in [0.2, 0.25) is 5.76 Å². The Bertz CT molecular complexity index is 1540. The molecule has 1 unspecified atom stereocenters. The van der Waals surface area contributed by atoms with Crippen molar-refractivity contribution in [1.29, 1.82) is 0 Å². The van der Waals surface area contributed by atoms with E-state index in [1.807, 2.05) is 67.6 Å². The first-order valence-electron chi connectivity index (χ1n) is 10.8. The maximum absolute atomic E-state index is 14.0. The van der Waals surface area contributed by atoms with Crippen LogP contribution in [0, 0.1) is 6.92 Å². The number of aryl methyl sites for hydroxylation is 1. The topological polar surface area (TPSA) is 70.8 Å². The van der Waals surface area contributed by atoms with Crippen LogP contribution in [-0.4, -0.2) is 23.8 Å². The molecule has 0 radical (unpaired) electrons. The Morgan fingerprint density at radius 2 is 1.64 bits per heavy atom. The number of fused-ring (bicyclic) bond motifs is 5. The number of rotatable bonds is 2. The van der Waals surface area contributed by atoms with Gasteiger partial charge in [-0.3, -0.25) is 14.4 Å². The van der Waals surface area contributed by atoms with Crippen LogP contribution in [0.1, 0.15) is 32.8 Å². The van der Waals surface area contributed by atoms with E-state index >= 15 is 0 Å². The predicted molar refractivity (Wildman–Crippen MR) is 124 cm³/mol. The van der Waals surface area contributed by atoms with E-state index < -0.39 is 11.4 Å². The molecule has 3 heterocycles. The lowest BCUT2D eigenvalue weighted by atomic mass is 9.83. The van der Waals surface area contributed by atoms with Crippen LogP contribution in [0.3, 0.4) is 0 Å². The zero-order valence-electron chi connectivity index (χ0n) is 18.2. The van der Waals surface area contributed by atoms with Crippen LogP contribution in [-0.2, 0) is 16.9 Å². The van der Waals surface area contributed by atoms with Crippen LogP contribution >= 0.6 is 0 Å². The van der Waals surface area contributed by atoms with Gasteiger partial charge < -0.3 is 14.2 Å². The molecule has 2 amide bonds. The molecule has 0 saturated carbocycles. The Balaban J connectivity index is 1.73. The monoisotopic (exact) mass is 436 g/mol. The van der Waals surface area contributed by atoms with Gasteiger partial charge in [-0.1, -0.05) is 60.2 Å². The van der Waals surface area contributed by atoms with Crippen molar-refractivity contribution in [3.8, 4) is 0 Å². The Hall–Kier alpha value is -4.19. The summed E-state index contributed by atoms with van der Waals surface area (Å²) < 4.78 is 6.04. The minimum Gasteiger partial charge on any atom is -0.450 e. The van der Waals surface area contributed by atoms with Crippen LogP contribution in [0.2, 0.25) is 0 Å². The normalized spacial score (nSPS) is 19.0. The van der Waals surface area contributed by atoms with Gasteiger partial charge >= 0.3 is 0 Å². The summed E-state index contributed by atoms with van der Waals surface area (Å²) >= 11 is 0. The number of carbonyl (C=O) groups is 2. The van der Waals surface area contributed by atoms with Gasteiger partial charge in [-0.05, 0) is 30.7 Å². The van der Waals surface area contributed by atoms with Gasteiger partial charge in [-0.25, -0.2) is 0 Å². The molecule has 0 saturated heterocycles. The van der Waals surface area contributed by atoms with Crippen molar-refractivity contribution in [2.45, 2.75) is 19.0 Å². The molecular formula is C27H20N2O4. The molecule has 1 aromatic heterocycles. The maximum atomic E-state index is 14.0. The van der Waals surface area contributed by atoms with Crippen molar-refractivity contribution in [1.82, 2.24) is 4.90 Å². The molecule has 2 aliphatic heterocycles. The highest BCUT2D eigenvalue weighted by molar-refractivity contribution is 6.16. The van der Waals surface area contributed by atoms with Crippen LogP contribution in [0.25, 0.3) is 11.0 Å². The summed E-state index contributed by atoms with van der Waals surface area (Å²) in [6.45, 7) is 2.05. The van der Waals surface area contributed by atoms with Crippen LogP contribution in [0.5, 0.6) is 0 Å². The number of likely N-dealkylation sites (N-methyl/N-ethyl adjacent to an activating group) is 1. The van der Waals surface area contributed by atoms with Crippen LogP contribution < -0.4 is 10.3 Å². The lowest BCUT2D eigenvalue weighted by molar-refractivity contribution is -0.126. The number of carbonyl (C=O) groups excluding carboxylic acids is 2. The molecule has 2 aliphatic rings. The largest absolute Gasteiger partial charge is 0.450 e. The molecule has 4 aromatic rings. The lowest BCUT2D eigenvalue weighted by Gasteiger charge is -2.34. The number of anilines is 1. The van der Waals surface area contributed by atoms with E-state index in [0.29, 0.717) is 22.2 Å². The summed E-state index contributed by atoms with van der Waals surface area (Å²) in [5.74, 6) is -0.872. The molecule has 162 valence electrons. The average molecular weight is 436 g/mol. The SMILES string of the molecule is Cc1ccc2oc3c(c(=O)c2c1)C1(C(=O)N(C)c2ccccc21)N(Cc1ccccc1)C3=O. The van der Waals surface area contributed by atoms with Crippen molar-refractivity contribution in [2.24, 2.45) is 0 Å².